The summed E-state index contributed by atoms with van der Waals surface area (Å²) in [6, 6.07) is 16.3. The lowest BCUT2D eigenvalue weighted by Gasteiger charge is -2.14. The number of amides is 2. The number of nitrogens with one attached hydrogen (secondary N) is 2. The highest BCUT2D eigenvalue weighted by molar-refractivity contribution is 7.15. The van der Waals surface area contributed by atoms with Crippen molar-refractivity contribution in [2.24, 2.45) is 0 Å². The summed E-state index contributed by atoms with van der Waals surface area (Å²) in [6.45, 7) is 1.85. The number of nitrogens with zero attached hydrogens (tertiary/aromatic N) is 1. The molecule has 8 nitrogen and oxygen atoms in total. The molecule has 9 heteroatoms. The zero-order chi connectivity index (χ0) is 24.8. The number of anilines is 1. The molecule has 0 unspecified atom stereocenters. The van der Waals surface area contributed by atoms with Crippen LogP contribution in [0.15, 0.2) is 66.4 Å². The normalized spacial score (nSPS) is 12.5. The van der Waals surface area contributed by atoms with Crippen molar-refractivity contribution in [2.45, 2.75) is 25.7 Å². The van der Waals surface area contributed by atoms with Gasteiger partial charge in [0.15, 0.2) is 5.13 Å². The minimum Gasteiger partial charge on any atom is -0.478 e. The van der Waals surface area contributed by atoms with E-state index in [1.807, 2.05) is 24.3 Å². The molecule has 0 radical (unpaired) electrons. The van der Waals surface area contributed by atoms with Gasteiger partial charge in [-0.2, -0.15) is 0 Å². The third-order valence-electron chi connectivity index (χ3n) is 5.75. The maximum absolute atomic E-state index is 12.4. The summed E-state index contributed by atoms with van der Waals surface area (Å²) >= 11 is 1.28. The zero-order valence-corrected chi connectivity index (χ0v) is 19.9. The highest BCUT2D eigenvalue weighted by Crippen LogP contribution is 2.44. The molecule has 35 heavy (non-hydrogen) atoms. The number of carbonyl (C=O) groups excluding carboxylic acids is 2. The third kappa shape index (κ3) is 5.93. The monoisotopic (exact) mass is 491 g/mol. The molecule has 0 bridgehead atoms. The molecule has 1 aromatic heterocycles. The van der Waals surface area contributed by atoms with Crippen molar-refractivity contribution in [3.63, 3.8) is 0 Å². The second kappa shape index (κ2) is 11.0. The van der Waals surface area contributed by atoms with Gasteiger partial charge in [-0.15, -0.1) is 11.3 Å². The average molecular weight is 492 g/mol. The van der Waals surface area contributed by atoms with Gasteiger partial charge in [0.1, 0.15) is 6.61 Å². The smallest absolute Gasteiger partial charge is 0.413 e. The number of aliphatic carboxylic acids is 1. The lowest BCUT2D eigenvalue weighted by Crippen LogP contribution is -2.23. The Kier molecular flexibility index (Phi) is 7.57. The molecule has 1 aliphatic carbocycles. The van der Waals surface area contributed by atoms with E-state index in [0.717, 1.165) is 16.0 Å². The van der Waals surface area contributed by atoms with Crippen LogP contribution in [0, 0.1) is 0 Å². The molecule has 0 saturated heterocycles. The van der Waals surface area contributed by atoms with Gasteiger partial charge in [0.2, 0.25) is 5.91 Å². The summed E-state index contributed by atoms with van der Waals surface area (Å²) < 4.78 is 5.54. The largest absolute Gasteiger partial charge is 0.478 e. The van der Waals surface area contributed by atoms with Crippen molar-refractivity contribution in [3.8, 4) is 11.1 Å². The van der Waals surface area contributed by atoms with Crippen molar-refractivity contribution >= 4 is 34.4 Å². The molecule has 3 N–H and O–H groups in total. The third-order valence-corrected chi connectivity index (χ3v) is 6.72. The predicted octanol–water partition coefficient (Wildman–Crippen LogP) is 4.58. The van der Waals surface area contributed by atoms with Gasteiger partial charge >= 0.3 is 12.1 Å². The molecule has 4 rings (SSSR count). The van der Waals surface area contributed by atoms with E-state index in [2.05, 4.69) is 39.9 Å². The standard InChI is InChI=1S/C26H25N3O5S/c1-16(24(31)32)12-13-27-23(30)11-10-17-14-28-25(35-17)29-26(33)34-15-22-20-8-4-2-6-18(20)19-7-3-5-9-21(19)22/h2-9,12,14,22H,10-11,13,15H2,1H3,(H,27,30)(H,31,32)(H,28,29,33)/b16-12+. The Labute approximate surface area is 206 Å². The number of carboxylic acids is 1. The number of thiazole rings is 1. The Morgan fingerprint density at radius 1 is 1.09 bits per heavy atom. The number of carbonyl (C=O) groups is 3. The second-order valence-electron chi connectivity index (χ2n) is 8.08. The van der Waals surface area contributed by atoms with Crippen molar-refractivity contribution < 1.29 is 24.2 Å². The number of ether oxygens (including phenoxy) is 1. The van der Waals surface area contributed by atoms with Crippen LogP contribution in [0.25, 0.3) is 11.1 Å². The topological polar surface area (TPSA) is 118 Å². The second-order valence-corrected chi connectivity index (χ2v) is 9.19. The number of rotatable bonds is 9. The van der Waals surface area contributed by atoms with E-state index in [-0.39, 0.29) is 37.0 Å². The molecular weight excluding hydrogens is 466 g/mol. The maximum Gasteiger partial charge on any atom is 0.413 e. The van der Waals surface area contributed by atoms with Crippen LogP contribution in [0.1, 0.15) is 35.3 Å². The Morgan fingerprint density at radius 3 is 2.40 bits per heavy atom. The van der Waals surface area contributed by atoms with Crippen LogP contribution < -0.4 is 10.6 Å². The molecule has 0 saturated carbocycles. The van der Waals surface area contributed by atoms with Gasteiger partial charge in [0, 0.05) is 35.5 Å². The Morgan fingerprint density at radius 2 is 1.74 bits per heavy atom. The summed E-state index contributed by atoms with van der Waals surface area (Å²) in [5.41, 5.74) is 4.80. The highest BCUT2D eigenvalue weighted by Gasteiger charge is 2.29. The van der Waals surface area contributed by atoms with Crippen LogP contribution in [0.2, 0.25) is 0 Å². The van der Waals surface area contributed by atoms with Gasteiger partial charge in [-0.25, -0.2) is 14.6 Å². The number of hydrogen-bond donors (Lipinski definition) is 3. The molecule has 2 aromatic carbocycles. The van der Waals surface area contributed by atoms with Gasteiger partial charge in [-0.3, -0.25) is 10.1 Å². The maximum atomic E-state index is 12.4. The minimum atomic E-state index is -1.01. The number of hydrogen-bond acceptors (Lipinski definition) is 6. The van der Waals surface area contributed by atoms with Crippen molar-refractivity contribution in [1.82, 2.24) is 10.3 Å². The predicted molar refractivity (Wildman–Crippen MR) is 134 cm³/mol. The molecular formula is C26H25N3O5S. The molecule has 0 aliphatic heterocycles. The summed E-state index contributed by atoms with van der Waals surface area (Å²) in [5.74, 6) is -1.23. The summed E-state index contributed by atoms with van der Waals surface area (Å²) in [7, 11) is 0. The fourth-order valence-corrected chi connectivity index (χ4v) is 4.73. The fourth-order valence-electron chi connectivity index (χ4n) is 3.93. The van der Waals surface area contributed by atoms with Gasteiger partial charge in [0.05, 0.1) is 0 Å². The number of carboxylic acid groups (broad SMARTS) is 1. The van der Waals surface area contributed by atoms with Crippen molar-refractivity contribution in [3.05, 3.63) is 82.4 Å². The lowest BCUT2D eigenvalue weighted by molar-refractivity contribution is -0.132. The van der Waals surface area contributed by atoms with Crippen molar-refractivity contribution in [1.29, 1.82) is 0 Å². The molecule has 3 aromatic rings. The van der Waals surface area contributed by atoms with E-state index in [1.165, 1.54) is 35.5 Å². The van der Waals surface area contributed by atoms with Crippen LogP contribution in [0.4, 0.5) is 9.93 Å². The van der Waals surface area contributed by atoms with E-state index in [1.54, 1.807) is 6.20 Å². The Balaban J connectivity index is 1.25. The summed E-state index contributed by atoms with van der Waals surface area (Å²) in [6.07, 6.45) is 3.17. The molecule has 180 valence electrons. The average Bonchev–Trinajstić information content (AvgIpc) is 3.43. The van der Waals surface area contributed by atoms with Crippen LogP contribution in [-0.4, -0.2) is 41.2 Å². The SMILES string of the molecule is C/C(=C\CNC(=O)CCc1cnc(NC(=O)OCC2c3ccccc3-c3ccccc32)s1)C(=O)O. The highest BCUT2D eigenvalue weighted by atomic mass is 32.1. The van der Waals surface area contributed by atoms with Gasteiger partial charge < -0.3 is 15.2 Å². The van der Waals surface area contributed by atoms with E-state index in [0.29, 0.717) is 11.6 Å². The van der Waals surface area contributed by atoms with E-state index in [4.69, 9.17) is 9.84 Å². The summed E-state index contributed by atoms with van der Waals surface area (Å²) in [5, 5.41) is 14.5. The van der Waals surface area contributed by atoms with Gasteiger partial charge in [-0.1, -0.05) is 54.6 Å². The van der Waals surface area contributed by atoms with Crippen LogP contribution in [0.5, 0.6) is 0 Å². The van der Waals surface area contributed by atoms with Gasteiger partial charge in [-0.05, 0) is 35.6 Å². The van der Waals surface area contributed by atoms with E-state index >= 15 is 0 Å². The quantitative estimate of drug-likeness (QED) is 0.377. The van der Waals surface area contributed by atoms with Crippen LogP contribution in [0.3, 0.4) is 0 Å². The Hall–Kier alpha value is -3.98. The Bertz CT molecular complexity index is 1240. The van der Waals surface area contributed by atoms with E-state index in [9.17, 15) is 14.4 Å². The first-order chi connectivity index (χ1) is 16.9. The minimum absolute atomic E-state index is 0.0207. The number of benzene rings is 2. The van der Waals surface area contributed by atoms with E-state index < -0.39 is 12.1 Å². The summed E-state index contributed by atoms with van der Waals surface area (Å²) in [4.78, 5) is 40.1. The number of fused-ring (bicyclic) bond motifs is 3. The first kappa shape index (κ1) is 24.2. The fraction of sp³-hybridized carbons (Fsp3) is 0.231. The van der Waals surface area contributed by atoms with Gasteiger partial charge in [0.25, 0.3) is 0 Å². The zero-order valence-electron chi connectivity index (χ0n) is 19.1. The number of aromatic nitrogens is 1. The molecule has 0 atom stereocenters. The molecule has 2 amide bonds. The van der Waals surface area contributed by atoms with Crippen LogP contribution >= 0.6 is 11.3 Å². The first-order valence-corrected chi connectivity index (χ1v) is 12.0. The first-order valence-electron chi connectivity index (χ1n) is 11.2. The molecule has 0 spiro atoms. The molecule has 1 aliphatic rings. The lowest BCUT2D eigenvalue weighted by atomic mass is 9.98. The molecule has 0 fully saturated rings. The number of aryl methyl sites for hydroxylation is 1. The van der Waals surface area contributed by atoms with Crippen molar-refractivity contribution in [2.75, 3.05) is 18.5 Å². The van der Waals surface area contributed by atoms with Crippen LogP contribution in [-0.2, 0) is 20.7 Å². The molecule has 1 heterocycles.